The molecule has 27 heavy (non-hydrogen) atoms. The predicted molar refractivity (Wildman–Crippen MR) is 107 cm³/mol. The van der Waals surface area contributed by atoms with E-state index in [0.717, 1.165) is 56.1 Å². The summed E-state index contributed by atoms with van der Waals surface area (Å²) in [5, 5.41) is 0. The Morgan fingerprint density at radius 1 is 0.926 bits per heavy atom. The molecule has 1 aromatic carbocycles. The summed E-state index contributed by atoms with van der Waals surface area (Å²) >= 11 is 0. The Bertz CT molecular complexity index is 664. The van der Waals surface area contributed by atoms with E-state index in [0.29, 0.717) is 5.91 Å². The van der Waals surface area contributed by atoms with Crippen molar-refractivity contribution in [2.45, 2.75) is 44.9 Å². The Kier molecular flexibility index (Phi) is 4.33. The van der Waals surface area contributed by atoms with Gasteiger partial charge in [-0.25, -0.2) is 0 Å². The molecule has 5 aliphatic rings. The van der Waals surface area contributed by atoms with Gasteiger partial charge in [-0.2, -0.15) is 0 Å². The number of amides is 1. The highest BCUT2D eigenvalue weighted by molar-refractivity contribution is 5.83. The number of anilines is 1. The molecule has 0 radical (unpaired) electrons. The van der Waals surface area contributed by atoms with Crippen LogP contribution in [0.3, 0.4) is 0 Å². The van der Waals surface area contributed by atoms with Crippen molar-refractivity contribution < 1.29 is 9.53 Å². The van der Waals surface area contributed by atoms with Crippen LogP contribution in [0, 0.1) is 23.2 Å². The largest absolute Gasteiger partial charge is 0.497 e. The van der Waals surface area contributed by atoms with Gasteiger partial charge in [0.05, 0.1) is 12.5 Å². The van der Waals surface area contributed by atoms with Crippen LogP contribution in [0.1, 0.15) is 44.9 Å². The fraction of sp³-hybridized carbons (Fsp3) is 0.696. The summed E-state index contributed by atoms with van der Waals surface area (Å²) in [6.07, 6.45) is 8.79. The maximum Gasteiger partial charge on any atom is 0.228 e. The molecule has 4 aliphatic carbocycles. The topological polar surface area (TPSA) is 32.8 Å². The van der Waals surface area contributed by atoms with Crippen molar-refractivity contribution in [3.8, 4) is 5.75 Å². The molecular weight excluding hydrogens is 336 g/mol. The van der Waals surface area contributed by atoms with Crippen molar-refractivity contribution in [2.75, 3.05) is 38.2 Å². The summed E-state index contributed by atoms with van der Waals surface area (Å²) in [7, 11) is 1.70. The molecule has 4 saturated carbocycles. The summed E-state index contributed by atoms with van der Waals surface area (Å²) in [6, 6.07) is 8.32. The predicted octanol–water partition coefficient (Wildman–Crippen LogP) is 3.95. The van der Waals surface area contributed by atoms with E-state index in [2.05, 4.69) is 21.9 Å². The second-order valence-electron chi connectivity index (χ2n) is 9.53. The van der Waals surface area contributed by atoms with Gasteiger partial charge in [0, 0.05) is 31.9 Å². The van der Waals surface area contributed by atoms with Gasteiger partial charge in [-0.15, -0.1) is 0 Å². The molecule has 1 aromatic rings. The average Bonchev–Trinajstić information content (AvgIpc) is 2.92. The number of hydrogen-bond acceptors (Lipinski definition) is 3. The van der Waals surface area contributed by atoms with E-state index in [1.54, 1.807) is 7.11 Å². The second kappa shape index (κ2) is 6.72. The Morgan fingerprint density at radius 2 is 1.56 bits per heavy atom. The quantitative estimate of drug-likeness (QED) is 0.810. The standard InChI is InChI=1S/C23H32N2O2/c1-27-21-5-3-20(4-6-21)24-7-2-8-25(10-9-24)22(26)23-14-17-11-18(15-23)13-19(12-17)16-23/h3-6,17-19H,2,7-16H2,1H3. The Morgan fingerprint density at radius 3 is 2.15 bits per heavy atom. The zero-order chi connectivity index (χ0) is 18.4. The first-order valence-electron chi connectivity index (χ1n) is 10.8. The van der Waals surface area contributed by atoms with Gasteiger partial charge >= 0.3 is 0 Å². The molecule has 0 unspecified atom stereocenters. The van der Waals surface area contributed by atoms with Gasteiger partial charge in [0.1, 0.15) is 5.75 Å². The van der Waals surface area contributed by atoms with Gasteiger partial charge in [-0.3, -0.25) is 4.79 Å². The fourth-order valence-corrected chi connectivity index (χ4v) is 6.88. The number of hydrogen-bond donors (Lipinski definition) is 0. The third-order valence-electron chi connectivity index (χ3n) is 7.71. The van der Waals surface area contributed by atoms with Crippen molar-refractivity contribution in [1.82, 2.24) is 4.90 Å². The minimum atomic E-state index is 0.00400. The van der Waals surface area contributed by atoms with Gasteiger partial charge in [0.15, 0.2) is 0 Å². The molecule has 0 spiro atoms. The zero-order valence-electron chi connectivity index (χ0n) is 16.5. The number of methoxy groups -OCH3 is 1. The van der Waals surface area contributed by atoms with E-state index in [1.807, 2.05) is 12.1 Å². The minimum Gasteiger partial charge on any atom is -0.497 e. The number of rotatable bonds is 3. The lowest BCUT2D eigenvalue weighted by Crippen LogP contribution is -2.55. The summed E-state index contributed by atoms with van der Waals surface area (Å²) in [5.41, 5.74) is 1.24. The average molecular weight is 369 g/mol. The first kappa shape index (κ1) is 17.4. The van der Waals surface area contributed by atoms with Crippen LogP contribution in [0.25, 0.3) is 0 Å². The Labute approximate surface area is 162 Å². The number of ether oxygens (including phenoxy) is 1. The number of carbonyl (C=O) groups is 1. The zero-order valence-corrected chi connectivity index (χ0v) is 16.5. The number of nitrogens with zero attached hydrogens (tertiary/aromatic N) is 2. The second-order valence-corrected chi connectivity index (χ2v) is 9.53. The van der Waals surface area contributed by atoms with Crippen LogP contribution in [0.15, 0.2) is 24.3 Å². The maximum atomic E-state index is 13.6. The van der Waals surface area contributed by atoms with Crippen LogP contribution >= 0.6 is 0 Å². The number of carbonyl (C=O) groups excluding carboxylic acids is 1. The third kappa shape index (κ3) is 3.11. The third-order valence-corrected chi connectivity index (χ3v) is 7.71. The number of benzene rings is 1. The lowest BCUT2D eigenvalue weighted by atomic mass is 9.49. The summed E-state index contributed by atoms with van der Waals surface area (Å²) in [5.74, 6) is 3.90. The van der Waals surface area contributed by atoms with Crippen molar-refractivity contribution in [3.63, 3.8) is 0 Å². The van der Waals surface area contributed by atoms with Crippen LogP contribution < -0.4 is 9.64 Å². The lowest BCUT2D eigenvalue weighted by molar-refractivity contribution is -0.157. The molecule has 1 heterocycles. The van der Waals surface area contributed by atoms with Crippen molar-refractivity contribution in [2.24, 2.45) is 23.2 Å². The van der Waals surface area contributed by atoms with E-state index >= 15 is 0 Å². The van der Waals surface area contributed by atoms with E-state index in [-0.39, 0.29) is 5.41 Å². The molecule has 1 aliphatic heterocycles. The van der Waals surface area contributed by atoms with Crippen LogP contribution in [-0.4, -0.2) is 44.1 Å². The maximum absolute atomic E-state index is 13.6. The summed E-state index contributed by atoms with van der Waals surface area (Å²) < 4.78 is 5.28. The van der Waals surface area contributed by atoms with Crippen LogP contribution in [0.2, 0.25) is 0 Å². The van der Waals surface area contributed by atoms with Crippen LogP contribution in [-0.2, 0) is 4.79 Å². The van der Waals surface area contributed by atoms with E-state index in [1.165, 1.54) is 44.2 Å². The SMILES string of the molecule is COc1ccc(N2CCCN(C(=O)C34CC5CC(CC(C5)C3)C4)CC2)cc1. The minimum absolute atomic E-state index is 0.00400. The summed E-state index contributed by atoms with van der Waals surface area (Å²) in [6.45, 7) is 3.75. The van der Waals surface area contributed by atoms with Crippen LogP contribution in [0.5, 0.6) is 5.75 Å². The highest BCUT2D eigenvalue weighted by Gasteiger charge is 2.55. The first-order valence-corrected chi connectivity index (χ1v) is 10.8. The van der Waals surface area contributed by atoms with Crippen LogP contribution in [0.4, 0.5) is 5.69 Å². The molecule has 1 amide bonds. The van der Waals surface area contributed by atoms with Crippen molar-refractivity contribution >= 4 is 11.6 Å². The first-order chi connectivity index (χ1) is 13.1. The molecule has 6 rings (SSSR count). The smallest absolute Gasteiger partial charge is 0.228 e. The molecule has 146 valence electrons. The monoisotopic (exact) mass is 368 g/mol. The molecule has 0 atom stereocenters. The van der Waals surface area contributed by atoms with E-state index < -0.39 is 0 Å². The Balaban J connectivity index is 1.27. The molecule has 4 nitrogen and oxygen atoms in total. The van der Waals surface area contributed by atoms with E-state index in [4.69, 9.17) is 4.74 Å². The molecular formula is C23H32N2O2. The molecule has 1 saturated heterocycles. The van der Waals surface area contributed by atoms with Crippen molar-refractivity contribution in [3.05, 3.63) is 24.3 Å². The van der Waals surface area contributed by atoms with Gasteiger partial charge in [0.25, 0.3) is 0 Å². The highest BCUT2D eigenvalue weighted by Crippen LogP contribution is 2.60. The summed E-state index contributed by atoms with van der Waals surface area (Å²) in [4.78, 5) is 18.3. The van der Waals surface area contributed by atoms with Gasteiger partial charge in [0.2, 0.25) is 5.91 Å². The molecule has 4 heteroatoms. The fourth-order valence-electron chi connectivity index (χ4n) is 6.88. The van der Waals surface area contributed by atoms with Gasteiger partial charge in [-0.1, -0.05) is 0 Å². The van der Waals surface area contributed by atoms with E-state index in [9.17, 15) is 4.79 Å². The normalized spacial score (nSPS) is 35.2. The highest BCUT2D eigenvalue weighted by atomic mass is 16.5. The Hall–Kier alpha value is -1.71. The molecule has 0 aromatic heterocycles. The molecule has 4 bridgehead atoms. The van der Waals surface area contributed by atoms with Gasteiger partial charge in [-0.05, 0) is 87.0 Å². The lowest BCUT2D eigenvalue weighted by Gasteiger charge is -2.56. The van der Waals surface area contributed by atoms with Crippen molar-refractivity contribution in [1.29, 1.82) is 0 Å². The molecule has 5 fully saturated rings. The molecule has 0 N–H and O–H groups in total. The van der Waals surface area contributed by atoms with Gasteiger partial charge < -0.3 is 14.5 Å².